The molecule has 0 aliphatic heterocycles. The fourth-order valence-corrected chi connectivity index (χ4v) is 2.35. The Kier molecular flexibility index (Phi) is 5.39. The van der Waals surface area contributed by atoms with Crippen LogP contribution in [0.25, 0.3) is 0 Å². The molecule has 130 valence electrons. The van der Waals surface area contributed by atoms with Gasteiger partial charge < -0.3 is 9.15 Å². The molecule has 6 nitrogen and oxygen atoms in total. The molecule has 1 N–H and O–H groups in total. The highest BCUT2D eigenvalue weighted by Gasteiger charge is 2.16. The lowest BCUT2D eigenvalue weighted by atomic mass is 10.3. The van der Waals surface area contributed by atoms with Crippen molar-refractivity contribution in [2.75, 3.05) is 0 Å². The first-order valence-corrected chi connectivity index (χ1v) is 8.20. The average molecular weight is 429 g/mol. The fourth-order valence-electron chi connectivity index (χ4n) is 1.90. The Hall–Kier alpha value is -2.33. The molecule has 0 unspecified atom stereocenters. The van der Waals surface area contributed by atoms with E-state index in [1.165, 1.54) is 6.21 Å². The molecule has 25 heavy (non-hydrogen) atoms. The Morgan fingerprint density at radius 1 is 1.32 bits per heavy atom. The molecule has 0 aliphatic rings. The van der Waals surface area contributed by atoms with Crippen molar-refractivity contribution in [2.45, 2.75) is 13.0 Å². The van der Waals surface area contributed by atoms with Crippen molar-refractivity contribution < 1.29 is 17.9 Å². The van der Waals surface area contributed by atoms with Crippen molar-refractivity contribution in [2.24, 2.45) is 5.10 Å². The second kappa shape index (κ2) is 7.70. The van der Waals surface area contributed by atoms with E-state index in [9.17, 15) is 8.78 Å². The number of halogens is 3. The molecule has 0 radical (unpaired) electrons. The first kappa shape index (κ1) is 17.5. The van der Waals surface area contributed by atoms with Gasteiger partial charge in [-0.15, -0.1) is 0 Å². The third-order valence-electron chi connectivity index (χ3n) is 3.05. The monoisotopic (exact) mass is 428 g/mol. The summed E-state index contributed by atoms with van der Waals surface area (Å²) in [6, 6.07) is 10.7. The van der Waals surface area contributed by atoms with Crippen molar-refractivity contribution in [3.8, 4) is 5.75 Å². The lowest BCUT2D eigenvalue weighted by Gasteiger charge is -2.03. The normalized spacial score (nSPS) is 11.5. The highest BCUT2D eigenvalue weighted by molar-refractivity contribution is 9.10. The van der Waals surface area contributed by atoms with Crippen LogP contribution in [0.2, 0.25) is 0 Å². The molecule has 0 spiro atoms. The van der Waals surface area contributed by atoms with Gasteiger partial charge in [-0.3, -0.25) is 0 Å². The maximum Gasteiger partial charge on any atom is 0.299 e. The van der Waals surface area contributed by atoms with Gasteiger partial charge in [-0.25, -0.2) is 13.9 Å². The molecule has 0 saturated heterocycles. The largest absolute Gasteiger partial charge is 0.486 e. The highest BCUT2D eigenvalue weighted by Crippen LogP contribution is 2.18. The van der Waals surface area contributed by atoms with E-state index in [0.717, 1.165) is 9.15 Å². The van der Waals surface area contributed by atoms with E-state index < -0.39 is 12.2 Å². The number of hydrogen-bond acceptors (Lipinski definition) is 5. The van der Waals surface area contributed by atoms with Crippen LogP contribution in [-0.2, 0) is 6.61 Å². The van der Waals surface area contributed by atoms with Crippen LogP contribution in [0, 0.1) is 4.77 Å². The summed E-state index contributed by atoms with van der Waals surface area (Å²) in [5.74, 6) is 1.07. The number of benzene rings is 1. The maximum atomic E-state index is 12.8. The van der Waals surface area contributed by atoms with Gasteiger partial charge in [-0.1, -0.05) is 15.9 Å². The Balaban J connectivity index is 1.66. The number of aromatic nitrogens is 3. The number of aromatic amines is 1. The van der Waals surface area contributed by atoms with Crippen LogP contribution in [0.5, 0.6) is 5.75 Å². The molecule has 3 rings (SSSR count). The van der Waals surface area contributed by atoms with E-state index >= 15 is 0 Å². The van der Waals surface area contributed by atoms with Crippen LogP contribution in [-0.4, -0.2) is 21.1 Å². The van der Waals surface area contributed by atoms with E-state index in [2.05, 4.69) is 31.2 Å². The Labute approximate surface area is 154 Å². The second-order valence-electron chi connectivity index (χ2n) is 4.79. The van der Waals surface area contributed by atoms with Gasteiger partial charge in [-0.2, -0.15) is 14.9 Å². The fraction of sp³-hybridized carbons (Fsp3) is 0.133. The van der Waals surface area contributed by atoms with Crippen LogP contribution in [0.1, 0.15) is 23.8 Å². The van der Waals surface area contributed by atoms with Crippen molar-refractivity contribution >= 4 is 34.4 Å². The molecule has 0 saturated carbocycles. The summed E-state index contributed by atoms with van der Waals surface area (Å²) in [5.41, 5.74) is 0. The summed E-state index contributed by atoms with van der Waals surface area (Å²) in [6.45, 7) is 0.225. The van der Waals surface area contributed by atoms with Gasteiger partial charge in [0.05, 0.1) is 6.21 Å². The van der Waals surface area contributed by atoms with Gasteiger partial charge in [0.1, 0.15) is 23.9 Å². The number of H-pyrrole nitrogens is 1. The molecule has 0 atom stereocenters. The van der Waals surface area contributed by atoms with Gasteiger partial charge in [0.2, 0.25) is 10.6 Å². The summed E-state index contributed by atoms with van der Waals surface area (Å²) in [4.78, 5) is 0. The third kappa shape index (κ3) is 4.40. The second-order valence-corrected chi connectivity index (χ2v) is 6.09. The summed E-state index contributed by atoms with van der Waals surface area (Å²) >= 11 is 8.21. The molecule has 0 aliphatic carbocycles. The number of hydrogen-bond donors (Lipinski definition) is 1. The zero-order valence-corrected chi connectivity index (χ0v) is 14.9. The molecule has 0 amide bonds. The molecule has 3 aromatic rings. The minimum Gasteiger partial charge on any atom is -0.486 e. The van der Waals surface area contributed by atoms with E-state index in [-0.39, 0.29) is 11.4 Å². The summed E-state index contributed by atoms with van der Waals surface area (Å²) in [5, 5.41) is 9.57. The lowest BCUT2D eigenvalue weighted by Crippen LogP contribution is -1.99. The average Bonchev–Trinajstić information content (AvgIpc) is 3.19. The van der Waals surface area contributed by atoms with Gasteiger partial charge in [-0.05, 0) is 48.6 Å². The maximum absolute atomic E-state index is 12.8. The van der Waals surface area contributed by atoms with Crippen molar-refractivity contribution in [1.29, 1.82) is 0 Å². The minimum atomic E-state index is -2.79. The lowest BCUT2D eigenvalue weighted by molar-refractivity contribution is 0.136. The summed E-state index contributed by atoms with van der Waals surface area (Å²) < 4.78 is 38.5. The van der Waals surface area contributed by atoms with Crippen LogP contribution in [0.3, 0.4) is 0 Å². The minimum absolute atomic E-state index is 0.0306. The number of nitrogens with zero attached hydrogens (tertiary/aromatic N) is 3. The van der Waals surface area contributed by atoms with Gasteiger partial charge in [0, 0.05) is 4.47 Å². The standard InChI is InChI=1S/C15H11BrF2N4O2S/c16-9-1-3-10(4-2-9)23-8-12-6-5-11(24-12)7-19-22-14(13(17)18)20-21-15(22)25/h1-7,13H,8H2,(H,21,25). The molecular weight excluding hydrogens is 418 g/mol. The van der Waals surface area contributed by atoms with Crippen LogP contribution >= 0.6 is 28.1 Å². The first-order valence-electron chi connectivity index (χ1n) is 7.00. The predicted octanol–water partition coefficient (Wildman–Crippen LogP) is 4.69. The molecule has 2 aromatic heterocycles. The SMILES string of the molecule is FC(F)c1n[nH]c(=S)n1N=Cc1ccc(COc2ccc(Br)cc2)o1. The molecule has 0 fully saturated rings. The Morgan fingerprint density at radius 2 is 2.08 bits per heavy atom. The predicted molar refractivity (Wildman–Crippen MR) is 92.5 cm³/mol. The van der Waals surface area contributed by atoms with E-state index in [4.69, 9.17) is 21.4 Å². The molecule has 10 heteroatoms. The molecular formula is C15H11BrF2N4O2S. The quantitative estimate of drug-likeness (QED) is 0.456. The first-order chi connectivity index (χ1) is 12.0. The number of ether oxygens (including phenoxy) is 1. The number of rotatable bonds is 6. The van der Waals surface area contributed by atoms with Gasteiger partial charge in [0.15, 0.2) is 0 Å². The number of nitrogens with one attached hydrogen (secondary N) is 1. The number of alkyl halides is 2. The zero-order chi connectivity index (χ0) is 17.8. The van der Waals surface area contributed by atoms with Gasteiger partial charge in [0.25, 0.3) is 6.43 Å². The molecule has 2 heterocycles. The number of furan rings is 1. The topological polar surface area (TPSA) is 68.3 Å². The van der Waals surface area contributed by atoms with E-state index in [1.54, 1.807) is 12.1 Å². The van der Waals surface area contributed by atoms with Crippen LogP contribution in [0.4, 0.5) is 8.78 Å². The van der Waals surface area contributed by atoms with Crippen LogP contribution < -0.4 is 4.74 Å². The van der Waals surface area contributed by atoms with E-state index in [0.29, 0.717) is 17.3 Å². The molecule has 1 aromatic carbocycles. The Morgan fingerprint density at radius 3 is 2.80 bits per heavy atom. The summed E-state index contributed by atoms with van der Waals surface area (Å²) in [7, 11) is 0. The molecule has 0 bridgehead atoms. The zero-order valence-electron chi connectivity index (χ0n) is 12.5. The van der Waals surface area contributed by atoms with Crippen molar-refractivity contribution in [3.63, 3.8) is 0 Å². The van der Waals surface area contributed by atoms with Crippen molar-refractivity contribution in [1.82, 2.24) is 14.9 Å². The van der Waals surface area contributed by atoms with Crippen LogP contribution in [0.15, 0.2) is 50.4 Å². The Bertz CT molecular complexity index is 934. The third-order valence-corrected chi connectivity index (χ3v) is 3.84. The van der Waals surface area contributed by atoms with Crippen molar-refractivity contribution in [3.05, 3.63) is 63.0 Å². The highest BCUT2D eigenvalue weighted by atomic mass is 79.9. The summed E-state index contributed by atoms with van der Waals surface area (Å²) in [6.07, 6.45) is -1.52. The van der Waals surface area contributed by atoms with Gasteiger partial charge >= 0.3 is 0 Å². The smallest absolute Gasteiger partial charge is 0.299 e. The van der Waals surface area contributed by atoms with E-state index in [1.807, 2.05) is 24.3 Å².